The van der Waals surface area contributed by atoms with E-state index >= 15 is 0 Å². The van der Waals surface area contributed by atoms with Crippen molar-refractivity contribution in [3.8, 4) is 5.75 Å². The topological polar surface area (TPSA) is 101 Å². The van der Waals surface area contributed by atoms with Gasteiger partial charge in [-0.15, -0.1) is 0 Å². The van der Waals surface area contributed by atoms with E-state index in [0.717, 1.165) is 17.3 Å². The van der Waals surface area contributed by atoms with Crippen LogP contribution in [0.4, 0.5) is 11.4 Å². The van der Waals surface area contributed by atoms with Gasteiger partial charge in [-0.25, -0.2) is 4.68 Å². The lowest BCUT2D eigenvalue weighted by Gasteiger charge is -2.14. The van der Waals surface area contributed by atoms with Crippen LogP contribution >= 0.6 is 27.5 Å². The first-order chi connectivity index (χ1) is 18.3. The highest BCUT2D eigenvalue weighted by Crippen LogP contribution is 2.26. The first-order valence-electron chi connectivity index (χ1n) is 12.0. The van der Waals surface area contributed by atoms with Gasteiger partial charge in [0.25, 0.3) is 5.91 Å². The molecule has 3 aromatic carbocycles. The van der Waals surface area contributed by atoms with E-state index in [2.05, 4.69) is 38.9 Å². The number of benzene rings is 3. The maximum atomic E-state index is 13.3. The number of anilines is 2. The molecule has 3 amide bonds. The molecule has 0 bridgehead atoms. The molecule has 4 rings (SSSR count). The van der Waals surface area contributed by atoms with Gasteiger partial charge in [0.05, 0.1) is 12.1 Å². The molecule has 4 aromatic rings. The lowest BCUT2D eigenvalue weighted by atomic mass is 10.2. The number of carbonyl (C=O) groups is 3. The number of carbonyl (C=O) groups excluding carboxylic acids is 3. The summed E-state index contributed by atoms with van der Waals surface area (Å²) in [7, 11) is 0. The van der Waals surface area contributed by atoms with Gasteiger partial charge in [0, 0.05) is 26.3 Å². The number of halogens is 2. The van der Waals surface area contributed by atoms with Crippen LogP contribution in [0.3, 0.4) is 0 Å². The highest BCUT2D eigenvalue weighted by atomic mass is 79.9. The lowest BCUT2D eigenvalue weighted by molar-refractivity contribution is -0.133. The Hall–Kier alpha value is -3.82. The number of rotatable bonds is 8. The van der Waals surface area contributed by atoms with Crippen LogP contribution in [0.25, 0.3) is 10.9 Å². The van der Waals surface area contributed by atoms with E-state index in [4.69, 9.17) is 16.3 Å². The number of hydrogen-bond acceptors (Lipinski definition) is 4. The molecule has 38 heavy (non-hydrogen) atoms. The maximum absolute atomic E-state index is 13.3. The fraction of sp³-hybridized carbons (Fsp3) is 0.179. The summed E-state index contributed by atoms with van der Waals surface area (Å²) < 4.78 is 7.71. The van der Waals surface area contributed by atoms with Crippen LogP contribution < -0.4 is 20.8 Å². The Balaban J connectivity index is 1.53. The molecule has 0 unspecified atom stereocenters. The Morgan fingerprint density at radius 1 is 0.974 bits per heavy atom. The Labute approximate surface area is 233 Å². The second-order valence-electron chi connectivity index (χ2n) is 8.56. The number of fused-ring (bicyclic) bond motifs is 1. The highest BCUT2D eigenvalue weighted by Gasteiger charge is 2.22. The van der Waals surface area contributed by atoms with Crippen LogP contribution in [0.1, 0.15) is 35.8 Å². The minimum absolute atomic E-state index is 0.132. The number of unbranched alkanes of at least 4 members (excludes halogenated alkanes) is 1. The van der Waals surface area contributed by atoms with Crippen molar-refractivity contribution in [2.75, 3.05) is 22.7 Å². The molecule has 1 aromatic heterocycles. The molecule has 0 aliphatic carbocycles. The molecule has 0 saturated heterocycles. The van der Waals surface area contributed by atoms with Crippen molar-refractivity contribution in [3.63, 3.8) is 0 Å². The summed E-state index contributed by atoms with van der Waals surface area (Å²) in [5.74, 6) is -1.64. The summed E-state index contributed by atoms with van der Waals surface area (Å²) in [5, 5.41) is 6.59. The molecule has 10 heteroatoms. The number of nitrogens with one attached hydrogen (secondary N) is 3. The van der Waals surface area contributed by atoms with Crippen molar-refractivity contribution in [1.82, 2.24) is 4.68 Å². The van der Waals surface area contributed by atoms with Gasteiger partial charge in [-0.2, -0.15) is 0 Å². The van der Waals surface area contributed by atoms with Crippen LogP contribution in [-0.4, -0.2) is 29.0 Å². The monoisotopic (exact) mass is 596 g/mol. The Morgan fingerprint density at radius 3 is 2.47 bits per heavy atom. The first kappa shape index (κ1) is 27.2. The van der Waals surface area contributed by atoms with Crippen molar-refractivity contribution < 1.29 is 19.1 Å². The van der Waals surface area contributed by atoms with Gasteiger partial charge in [-0.05, 0) is 79.6 Å². The molecule has 0 radical (unpaired) electrons. The van der Waals surface area contributed by atoms with Gasteiger partial charge in [-0.1, -0.05) is 46.9 Å². The van der Waals surface area contributed by atoms with Crippen LogP contribution in [0.15, 0.2) is 71.2 Å². The highest BCUT2D eigenvalue weighted by molar-refractivity contribution is 9.10. The average Bonchev–Trinajstić information content (AvgIpc) is 3.25. The van der Waals surface area contributed by atoms with Crippen molar-refractivity contribution in [2.45, 2.75) is 26.7 Å². The summed E-state index contributed by atoms with van der Waals surface area (Å²) in [5.41, 5.74) is 4.89. The van der Waals surface area contributed by atoms with Gasteiger partial charge in [-0.3, -0.25) is 19.8 Å². The summed E-state index contributed by atoms with van der Waals surface area (Å²) in [4.78, 5) is 38.8. The fourth-order valence-electron chi connectivity index (χ4n) is 3.71. The molecule has 8 nitrogen and oxygen atoms in total. The van der Waals surface area contributed by atoms with Gasteiger partial charge in [0.1, 0.15) is 11.4 Å². The second-order valence-corrected chi connectivity index (χ2v) is 9.88. The predicted octanol–water partition coefficient (Wildman–Crippen LogP) is 6.51. The van der Waals surface area contributed by atoms with Gasteiger partial charge in [0.2, 0.25) is 0 Å². The van der Waals surface area contributed by atoms with Crippen LogP contribution in [0, 0.1) is 6.92 Å². The average molecular weight is 598 g/mol. The van der Waals surface area contributed by atoms with E-state index in [1.165, 1.54) is 4.68 Å². The standard InChI is InChI=1S/C28H26BrClN4O4/c1-3-4-14-38-21-11-9-20(10-12-21)31-27(36)28(37)33-34-24-13-8-19(29)15-18(24)16-25(34)26(35)32-23-7-5-6-22(30)17(23)2/h5-13,15-16H,3-4,14H2,1-2H3,(H,31,36)(H,32,35)(H,33,37). The maximum Gasteiger partial charge on any atom is 0.328 e. The van der Waals surface area contributed by atoms with E-state index in [1.54, 1.807) is 67.6 Å². The molecule has 0 fully saturated rings. The zero-order valence-corrected chi connectivity index (χ0v) is 23.2. The molecule has 196 valence electrons. The number of hydrogen-bond donors (Lipinski definition) is 3. The van der Waals surface area contributed by atoms with Crippen molar-refractivity contribution >= 4 is 67.5 Å². The van der Waals surface area contributed by atoms with Gasteiger partial charge >= 0.3 is 11.8 Å². The van der Waals surface area contributed by atoms with Crippen molar-refractivity contribution in [2.24, 2.45) is 0 Å². The van der Waals surface area contributed by atoms with Gasteiger partial charge in [0.15, 0.2) is 0 Å². The quantitative estimate of drug-likeness (QED) is 0.159. The third-order valence-electron chi connectivity index (χ3n) is 5.81. The Kier molecular flexibility index (Phi) is 8.70. The summed E-state index contributed by atoms with van der Waals surface area (Å²) >= 11 is 9.62. The third kappa shape index (κ3) is 6.35. The molecule has 1 heterocycles. The number of nitrogens with zero attached hydrogens (tertiary/aromatic N) is 1. The van der Waals surface area contributed by atoms with E-state index in [9.17, 15) is 14.4 Å². The number of amides is 3. The minimum atomic E-state index is -0.943. The van der Waals surface area contributed by atoms with Gasteiger partial charge < -0.3 is 15.4 Å². The molecule has 0 spiro atoms. The van der Waals surface area contributed by atoms with Crippen LogP contribution in [0.5, 0.6) is 5.75 Å². The number of aromatic nitrogens is 1. The molecule has 0 aliphatic rings. The normalized spacial score (nSPS) is 10.7. The SMILES string of the molecule is CCCCOc1ccc(NC(=O)C(=O)Nn2c(C(=O)Nc3cccc(Cl)c3C)cc3cc(Br)ccc32)cc1. The summed E-state index contributed by atoms with van der Waals surface area (Å²) in [6, 6.07) is 18.9. The Morgan fingerprint density at radius 2 is 1.74 bits per heavy atom. The van der Waals surface area contributed by atoms with E-state index in [1.807, 2.05) is 6.07 Å². The molecular weight excluding hydrogens is 572 g/mol. The lowest BCUT2D eigenvalue weighted by Crippen LogP contribution is -2.36. The zero-order chi connectivity index (χ0) is 27.2. The molecule has 0 aliphatic heterocycles. The zero-order valence-electron chi connectivity index (χ0n) is 20.8. The van der Waals surface area contributed by atoms with Crippen molar-refractivity contribution in [3.05, 3.63) is 87.5 Å². The van der Waals surface area contributed by atoms with Crippen LogP contribution in [-0.2, 0) is 9.59 Å². The predicted molar refractivity (Wildman–Crippen MR) is 154 cm³/mol. The van der Waals surface area contributed by atoms with Crippen molar-refractivity contribution in [1.29, 1.82) is 0 Å². The summed E-state index contributed by atoms with van der Waals surface area (Å²) in [6.45, 7) is 4.48. The Bertz CT molecular complexity index is 1500. The molecule has 3 N–H and O–H groups in total. The third-order valence-corrected chi connectivity index (χ3v) is 6.71. The van der Waals surface area contributed by atoms with E-state index < -0.39 is 17.7 Å². The fourth-order valence-corrected chi connectivity index (χ4v) is 4.27. The summed E-state index contributed by atoms with van der Waals surface area (Å²) in [6.07, 6.45) is 1.98. The largest absolute Gasteiger partial charge is 0.494 e. The molecular formula is C28H26BrClN4O4. The smallest absolute Gasteiger partial charge is 0.328 e. The first-order valence-corrected chi connectivity index (χ1v) is 13.2. The molecule has 0 atom stereocenters. The second kappa shape index (κ2) is 12.1. The molecule has 0 saturated carbocycles. The number of ether oxygens (including phenoxy) is 1. The van der Waals surface area contributed by atoms with Crippen LogP contribution in [0.2, 0.25) is 5.02 Å². The minimum Gasteiger partial charge on any atom is -0.494 e. The van der Waals surface area contributed by atoms with E-state index in [-0.39, 0.29) is 5.69 Å². The van der Waals surface area contributed by atoms with E-state index in [0.29, 0.717) is 45.2 Å².